The summed E-state index contributed by atoms with van der Waals surface area (Å²) in [4.78, 5) is 25.4. The smallest absolute Gasteiger partial charge is 0.310 e. The molecule has 1 atom stereocenters. The number of carbonyl (C=O) groups excluding carboxylic acids is 2. The molecule has 1 amide bonds. The molecule has 124 valence electrons. The first kappa shape index (κ1) is 15.8. The second kappa shape index (κ2) is 7.02. The van der Waals surface area contributed by atoms with Gasteiger partial charge < -0.3 is 14.4 Å². The van der Waals surface area contributed by atoms with E-state index in [1.807, 2.05) is 24.3 Å². The van der Waals surface area contributed by atoms with Crippen LogP contribution >= 0.6 is 0 Å². The van der Waals surface area contributed by atoms with Crippen molar-refractivity contribution in [2.45, 2.75) is 44.8 Å². The number of carbonyl (C=O) groups is 2. The van der Waals surface area contributed by atoms with E-state index in [1.54, 1.807) is 4.90 Å². The molecule has 0 spiro atoms. The van der Waals surface area contributed by atoms with Crippen LogP contribution < -0.4 is 4.74 Å². The second-order valence-electron chi connectivity index (χ2n) is 6.37. The van der Waals surface area contributed by atoms with Crippen molar-refractivity contribution in [3.63, 3.8) is 0 Å². The van der Waals surface area contributed by atoms with Gasteiger partial charge in [0.25, 0.3) is 0 Å². The quantitative estimate of drug-likeness (QED) is 0.783. The average Bonchev–Trinajstić information content (AvgIpc) is 3.17. The van der Waals surface area contributed by atoms with Crippen molar-refractivity contribution in [2.75, 3.05) is 13.7 Å². The molecule has 0 N–H and O–H groups in total. The van der Waals surface area contributed by atoms with Crippen molar-refractivity contribution >= 4 is 11.9 Å². The van der Waals surface area contributed by atoms with Gasteiger partial charge in [-0.1, -0.05) is 12.1 Å². The molecule has 0 bridgehead atoms. The van der Waals surface area contributed by atoms with Crippen molar-refractivity contribution in [1.82, 2.24) is 4.90 Å². The molecule has 23 heavy (non-hydrogen) atoms. The van der Waals surface area contributed by atoms with E-state index < -0.39 is 0 Å². The van der Waals surface area contributed by atoms with Gasteiger partial charge in [-0.3, -0.25) is 9.59 Å². The van der Waals surface area contributed by atoms with Crippen LogP contribution in [-0.2, 0) is 20.9 Å². The predicted octanol–water partition coefficient (Wildman–Crippen LogP) is 2.53. The van der Waals surface area contributed by atoms with E-state index in [0.717, 1.165) is 24.2 Å². The van der Waals surface area contributed by atoms with Crippen LogP contribution in [0.25, 0.3) is 0 Å². The maximum Gasteiger partial charge on any atom is 0.310 e. The Kier molecular flexibility index (Phi) is 4.84. The van der Waals surface area contributed by atoms with E-state index in [-0.39, 0.29) is 24.2 Å². The minimum atomic E-state index is -0.342. The maximum atomic E-state index is 12.1. The third-order valence-corrected chi connectivity index (χ3v) is 4.63. The van der Waals surface area contributed by atoms with E-state index in [4.69, 9.17) is 9.47 Å². The molecule has 1 saturated carbocycles. The number of benzene rings is 1. The van der Waals surface area contributed by atoms with Gasteiger partial charge in [0.05, 0.1) is 19.1 Å². The summed E-state index contributed by atoms with van der Waals surface area (Å²) in [5.41, 5.74) is 1.03. The summed E-state index contributed by atoms with van der Waals surface area (Å²) in [5.74, 6) is 0.220. The van der Waals surface area contributed by atoms with E-state index in [0.29, 0.717) is 19.2 Å². The Labute approximate surface area is 136 Å². The zero-order valence-electron chi connectivity index (χ0n) is 13.5. The van der Waals surface area contributed by atoms with Crippen molar-refractivity contribution in [3.05, 3.63) is 29.8 Å². The highest BCUT2D eigenvalue weighted by Gasteiger charge is 2.34. The lowest BCUT2D eigenvalue weighted by Crippen LogP contribution is -2.26. The number of amides is 1. The van der Waals surface area contributed by atoms with Gasteiger partial charge in [0, 0.05) is 19.5 Å². The first-order chi connectivity index (χ1) is 11.2. The van der Waals surface area contributed by atoms with Crippen LogP contribution in [-0.4, -0.2) is 36.5 Å². The third-order valence-electron chi connectivity index (χ3n) is 4.63. The van der Waals surface area contributed by atoms with Crippen molar-refractivity contribution < 1.29 is 19.1 Å². The third kappa shape index (κ3) is 3.84. The van der Waals surface area contributed by atoms with Crippen molar-refractivity contribution in [3.8, 4) is 5.75 Å². The first-order valence-electron chi connectivity index (χ1n) is 8.27. The Morgan fingerprint density at radius 2 is 2.09 bits per heavy atom. The Morgan fingerprint density at radius 3 is 2.83 bits per heavy atom. The molecule has 1 aromatic rings. The minimum absolute atomic E-state index is 0.00233. The Hall–Kier alpha value is -2.04. The van der Waals surface area contributed by atoms with Gasteiger partial charge in [0.2, 0.25) is 5.91 Å². The SMILES string of the molecule is COC(=O)C1CC(=O)N(Cc2cccc(OC3CCCC3)c2)C1. The fourth-order valence-electron chi connectivity index (χ4n) is 3.39. The number of likely N-dealkylation sites (tertiary alicyclic amines) is 1. The van der Waals surface area contributed by atoms with E-state index in [2.05, 4.69) is 0 Å². The lowest BCUT2D eigenvalue weighted by Gasteiger charge is -2.18. The number of rotatable bonds is 5. The fourth-order valence-corrected chi connectivity index (χ4v) is 3.39. The summed E-state index contributed by atoms with van der Waals surface area (Å²) in [6, 6.07) is 7.90. The highest BCUT2D eigenvalue weighted by Crippen LogP contribution is 2.26. The Morgan fingerprint density at radius 1 is 1.30 bits per heavy atom. The Bertz CT molecular complexity index is 580. The van der Waals surface area contributed by atoms with Gasteiger partial charge in [0.15, 0.2) is 0 Å². The highest BCUT2D eigenvalue weighted by molar-refractivity contribution is 5.86. The van der Waals surface area contributed by atoms with Gasteiger partial charge in [0.1, 0.15) is 5.75 Å². The lowest BCUT2D eigenvalue weighted by molar-refractivity contribution is -0.145. The van der Waals surface area contributed by atoms with Crippen LogP contribution in [0.4, 0.5) is 0 Å². The zero-order valence-corrected chi connectivity index (χ0v) is 13.5. The van der Waals surface area contributed by atoms with Gasteiger partial charge in [-0.2, -0.15) is 0 Å². The van der Waals surface area contributed by atoms with Gasteiger partial charge >= 0.3 is 5.97 Å². The second-order valence-corrected chi connectivity index (χ2v) is 6.37. The van der Waals surface area contributed by atoms with Crippen molar-refractivity contribution in [1.29, 1.82) is 0 Å². The molecular weight excluding hydrogens is 294 g/mol. The molecule has 1 unspecified atom stereocenters. The molecule has 1 saturated heterocycles. The number of esters is 1. The van der Waals surface area contributed by atoms with Crippen molar-refractivity contribution in [2.24, 2.45) is 5.92 Å². The average molecular weight is 317 g/mol. The van der Waals surface area contributed by atoms with Crippen LogP contribution in [0.3, 0.4) is 0 Å². The topological polar surface area (TPSA) is 55.8 Å². The summed E-state index contributed by atoms with van der Waals surface area (Å²) in [5, 5.41) is 0. The normalized spacial score (nSPS) is 21.7. The molecule has 2 aliphatic rings. The Balaban J connectivity index is 1.61. The molecule has 0 aromatic heterocycles. The van der Waals surface area contributed by atoms with E-state index in [9.17, 15) is 9.59 Å². The number of methoxy groups -OCH3 is 1. The summed E-state index contributed by atoms with van der Waals surface area (Å²) < 4.78 is 10.7. The van der Waals surface area contributed by atoms with Crippen LogP contribution in [0.2, 0.25) is 0 Å². The van der Waals surface area contributed by atoms with Crippen LogP contribution in [0.15, 0.2) is 24.3 Å². The molecule has 1 heterocycles. The zero-order chi connectivity index (χ0) is 16.2. The monoisotopic (exact) mass is 317 g/mol. The minimum Gasteiger partial charge on any atom is -0.490 e. The molecule has 5 nitrogen and oxygen atoms in total. The fraction of sp³-hybridized carbons (Fsp3) is 0.556. The molecule has 1 aromatic carbocycles. The number of nitrogens with zero attached hydrogens (tertiary/aromatic N) is 1. The number of ether oxygens (including phenoxy) is 2. The largest absolute Gasteiger partial charge is 0.490 e. The van der Waals surface area contributed by atoms with Crippen LogP contribution in [0.5, 0.6) is 5.75 Å². The predicted molar refractivity (Wildman–Crippen MR) is 84.9 cm³/mol. The van der Waals surface area contributed by atoms with Crippen LogP contribution in [0.1, 0.15) is 37.7 Å². The number of hydrogen-bond donors (Lipinski definition) is 0. The molecule has 5 heteroatoms. The maximum absolute atomic E-state index is 12.1. The molecular formula is C18H23NO4. The molecule has 3 rings (SSSR count). The highest BCUT2D eigenvalue weighted by atomic mass is 16.5. The van der Waals surface area contributed by atoms with E-state index in [1.165, 1.54) is 20.0 Å². The van der Waals surface area contributed by atoms with Gasteiger partial charge in [-0.25, -0.2) is 0 Å². The summed E-state index contributed by atoms with van der Waals surface area (Å²) >= 11 is 0. The van der Waals surface area contributed by atoms with Crippen LogP contribution in [0, 0.1) is 5.92 Å². The summed E-state index contributed by atoms with van der Waals surface area (Å²) in [7, 11) is 1.36. The molecule has 1 aliphatic heterocycles. The first-order valence-corrected chi connectivity index (χ1v) is 8.27. The van der Waals surface area contributed by atoms with E-state index >= 15 is 0 Å². The lowest BCUT2D eigenvalue weighted by atomic mass is 10.1. The molecule has 2 fully saturated rings. The molecule has 0 radical (unpaired) electrons. The van der Waals surface area contributed by atoms with Gasteiger partial charge in [-0.15, -0.1) is 0 Å². The molecule has 1 aliphatic carbocycles. The summed E-state index contributed by atoms with van der Waals surface area (Å²) in [6.45, 7) is 0.938. The summed E-state index contributed by atoms with van der Waals surface area (Å²) in [6.07, 6.45) is 5.28. The van der Waals surface area contributed by atoms with Gasteiger partial charge in [-0.05, 0) is 43.4 Å². The standard InChI is InChI=1S/C18H23NO4/c1-22-18(21)14-10-17(20)19(12-14)11-13-5-4-8-16(9-13)23-15-6-2-3-7-15/h4-5,8-9,14-15H,2-3,6-7,10-12H2,1H3. The number of hydrogen-bond acceptors (Lipinski definition) is 4.